The van der Waals surface area contributed by atoms with Gasteiger partial charge in [-0.3, -0.25) is 14.9 Å². The molecule has 0 fully saturated rings. The lowest BCUT2D eigenvalue weighted by molar-refractivity contribution is -0.384. The van der Waals surface area contributed by atoms with Crippen molar-refractivity contribution >= 4 is 61.5 Å². The highest BCUT2D eigenvalue weighted by Gasteiger charge is 2.19. The van der Waals surface area contributed by atoms with Crippen LogP contribution in [0, 0.1) is 17.0 Å². The van der Waals surface area contributed by atoms with Crippen molar-refractivity contribution < 1.29 is 14.8 Å². The van der Waals surface area contributed by atoms with Crippen molar-refractivity contribution in [2.75, 3.05) is 5.32 Å². The molecule has 4 aromatic carbocycles. The van der Waals surface area contributed by atoms with Crippen molar-refractivity contribution in [1.29, 1.82) is 0 Å². The van der Waals surface area contributed by atoms with E-state index in [1.807, 2.05) is 30.3 Å². The predicted molar refractivity (Wildman–Crippen MR) is 126 cm³/mol. The van der Waals surface area contributed by atoms with E-state index in [1.165, 1.54) is 18.2 Å². The number of anilines is 1. The van der Waals surface area contributed by atoms with Crippen molar-refractivity contribution in [3.8, 4) is 5.75 Å². The molecule has 0 unspecified atom stereocenters. The number of aryl methyl sites for hydroxylation is 1. The van der Waals surface area contributed by atoms with E-state index in [0.29, 0.717) is 10.6 Å². The Labute approximate surface area is 186 Å². The third-order valence-corrected chi connectivity index (χ3v) is 5.85. The van der Waals surface area contributed by atoms with E-state index in [-0.39, 0.29) is 22.7 Å². The van der Waals surface area contributed by atoms with Gasteiger partial charge in [0.15, 0.2) is 0 Å². The molecule has 0 aliphatic heterocycles. The number of hydrogen-bond acceptors (Lipinski definition) is 4. The first kappa shape index (κ1) is 19.8. The van der Waals surface area contributed by atoms with Crippen molar-refractivity contribution in [3.05, 3.63) is 86.9 Å². The number of benzene rings is 4. The number of rotatable bonds is 3. The third-order valence-electron chi connectivity index (χ3n) is 5.61. The van der Waals surface area contributed by atoms with Crippen molar-refractivity contribution in [3.63, 3.8) is 0 Å². The second kappa shape index (κ2) is 7.25. The van der Waals surface area contributed by atoms with Crippen molar-refractivity contribution in [1.82, 2.24) is 4.98 Å². The molecular formula is C24H16ClN3O4. The summed E-state index contributed by atoms with van der Waals surface area (Å²) >= 11 is 6.16. The lowest BCUT2D eigenvalue weighted by Gasteiger charge is -2.12. The van der Waals surface area contributed by atoms with Crippen LogP contribution in [-0.4, -0.2) is 20.9 Å². The number of phenols is 1. The van der Waals surface area contributed by atoms with Crippen LogP contribution in [0.15, 0.2) is 60.7 Å². The quantitative estimate of drug-likeness (QED) is 0.223. The zero-order chi connectivity index (χ0) is 22.6. The molecule has 0 aliphatic rings. The number of non-ortho nitro benzene ring substituents is 1. The van der Waals surface area contributed by atoms with Gasteiger partial charge >= 0.3 is 0 Å². The van der Waals surface area contributed by atoms with E-state index in [9.17, 15) is 20.0 Å². The van der Waals surface area contributed by atoms with Crippen LogP contribution in [0.25, 0.3) is 32.6 Å². The maximum atomic E-state index is 12.9. The molecule has 8 heteroatoms. The molecule has 0 atom stereocenters. The van der Waals surface area contributed by atoms with E-state index >= 15 is 0 Å². The largest absolute Gasteiger partial charge is 0.507 e. The SMILES string of the molecule is Cc1c(O)c(C(=O)Nc2cccc([N+](=O)[O-])c2)cc2ccc3c4cc(Cl)ccc4[nH]c3c12. The van der Waals surface area contributed by atoms with Gasteiger partial charge in [-0.15, -0.1) is 0 Å². The topological polar surface area (TPSA) is 108 Å². The number of nitro groups is 1. The Morgan fingerprint density at radius 2 is 1.91 bits per heavy atom. The average molecular weight is 446 g/mol. The van der Waals surface area contributed by atoms with Gasteiger partial charge in [-0.25, -0.2) is 0 Å². The van der Waals surface area contributed by atoms with Gasteiger partial charge in [-0.05, 0) is 42.6 Å². The van der Waals surface area contributed by atoms with Gasteiger partial charge in [-0.1, -0.05) is 29.8 Å². The van der Waals surface area contributed by atoms with Gasteiger partial charge in [0.1, 0.15) is 5.75 Å². The number of aromatic hydroxyl groups is 1. The summed E-state index contributed by atoms with van der Waals surface area (Å²) in [4.78, 5) is 26.7. The number of amides is 1. The molecule has 1 amide bonds. The fraction of sp³-hybridized carbons (Fsp3) is 0.0417. The molecule has 0 saturated carbocycles. The highest BCUT2D eigenvalue weighted by Crippen LogP contribution is 2.38. The number of halogens is 1. The molecule has 0 spiro atoms. The van der Waals surface area contributed by atoms with Gasteiger partial charge < -0.3 is 15.4 Å². The van der Waals surface area contributed by atoms with Crippen molar-refractivity contribution in [2.45, 2.75) is 6.92 Å². The number of hydrogen-bond donors (Lipinski definition) is 3. The molecule has 0 bridgehead atoms. The minimum absolute atomic E-state index is 0.0833. The van der Waals surface area contributed by atoms with E-state index in [2.05, 4.69) is 10.3 Å². The summed E-state index contributed by atoms with van der Waals surface area (Å²) in [6, 6.07) is 16.7. The Morgan fingerprint density at radius 3 is 2.69 bits per heavy atom. The summed E-state index contributed by atoms with van der Waals surface area (Å²) in [6.45, 7) is 1.75. The molecule has 7 nitrogen and oxygen atoms in total. The molecular weight excluding hydrogens is 430 g/mol. The average Bonchev–Trinajstić information content (AvgIpc) is 3.13. The molecule has 158 valence electrons. The van der Waals surface area contributed by atoms with Crippen LogP contribution in [0.4, 0.5) is 11.4 Å². The number of H-pyrrole nitrogens is 1. The van der Waals surface area contributed by atoms with Gasteiger partial charge in [-0.2, -0.15) is 0 Å². The summed E-state index contributed by atoms with van der Waals surface area (Å²) in [7, 11) is 0. The van der Waals surface area contributed by atoms with Crippen LogP contribution < -0.4 is 5.32 Å². The predicted octanol–water partition coefficient (Wildman–Crippen LogP) is 6.30. The third kappa shape index (κ3) is 3.11. The molecule has 0 aliphatic carbocycles. The second-order valence-electron chi connectivity index (χ2n) is 7.56. The smallest absolute Gasteiger partial charge is 0.271 e. The fourth-order valence-electron chi connectivity index (χ4n) is 4.09. The van der Waals surface area contributed by atoms with Gasteiger partial charge in [0.05, 0.1) is 16.0 Å². The van der Waals surface area contributed by atoms with Crippen LogP contribution in [0.1, 0.15) is 15.9 Å². The Morgan fingerprint density at radius 1 is 1.09 bits per heavy atom. The summed E-state index contributed by atoms with van der Waals surface area (Å²) in [6.07, 6.45) is 0. The second-order valence-corrected chi connectivity index (χ2v) is 8.00. The molecule has 1 aromatic heterocycles. The lowest BCUT2D eigenvalue weighted by atomic mass is 9.97. The first-order valence-electron chi connectivity index (χ1n) is 9.75. The molecule has 0 radical (unpaired) electrons. The number of nitrogens with one attached hydrogen (secondary N) is 2. The number of nitro benzene ring substituents is 1. The summed E-state index contributed by atoms with van der Waals surface area (Å²) in [5.41, 5.74) is 2.53. The van der Waals surface area contributed by atoms with Crippen LogP contribution >= 0.6 is 11.6 Å². The Hall–Kier alpha value is -4.10. The standard InChI is InChI=1S/C24H16ClN3O4/c1-12-21-13(5-7-17-18-10-14(25)6-8-20(18)27-22(17)21)9-19(23(12)29)24(30)26-15-3-2-4-16(11-15)28(31)32/h2-11,27,29H,1H3,(H,26,30). The van der Waals surface area contributed by atoms with E-state index in [4.69, 9.17) is 11.6 Å². The zero-order valence-corrected chi connectivity index (χ0v) is 17.5. The maximum Gasteiger partial charge on any atom is 0.271 e. The van der Waals surface area contributed by atoms with Gasteiger partial charge in [0.2, 0.25) is 0 Å². The van der Waals surface area contributed by atoms with Gasteiger partial charge in [0, 0.05) is 50.1 Å². The lowest BCUT2D eigenvalue weighted by Crippen LogP contribution is -2.12. The summed E-state index contributed by atoms with van der Waals surface area (Å²) < 4.78 is 0. The number of fused-ring (bicyclic) bond motifs is 5. The van der Waals surface area contributed by atoms with Crippen LogP contribution in [0.3, 0.4) is 0 Å². The number of phenolic OH excluding ortho intramolecular Hbond substituents is 1. The molecule has 0 saturated heterocycles. The number of carbonyl (C=O) groups is 1. The minimum Gasteiger partial charge on any atom is -0.507 e. The normalized spacial score (nSPS) is 11.3. The first-order chi connectivity index (χ1) is 15.3. The van der Waals surface area contributed by atoms with Crippen LogP contribution in [-0.2, 0) is 0 Å². The highest BCUT2D eigenvalue weighted by molar-refractivity contribution is 6.32. The molecule has 5 aromatic rings. The molecule has 5 rings (SSSR count). The molecule has 3 N–H and O–H groups in total. The summed E-state index contributed by atoms with van der Waals surface area (Å²) in [5.74, 6) is -0.707. The Bertz CT molecular complexity index is 1590. The number of carbonyl (C=O) groups excluding carboxylic acids is 1. The van der Waals surface area contributed by atoms with Crippen LogP contribution in [0.5, 0.6) is 5.75 Å². The van der Waals surface area contributed by atoms with Crippen LogP contribution in [0.2, 0.25) is 5.02 Å². The fourth-order valence-corrected chi connectivity index (χ4v) is 4.27. The number of aromatic nitrogens is 1. The first-order valence-corrected chi connectivity index (χ1v) is 10.1. The molecule has 32 heavy (non-hydrogen) atoms. The number of nitrogens with zero attached hydrogens (tertiary/aromatic N) is 1. The van der Waals surface area contributed by atoms with E-state index in [0.717, 1.165) is 32.6 Å². The highest BCUT2D eigenvalue weighted by atomic mass is 35.5. The number of aromatic amines is 1. The Kier molecular flexibility index (Phi) is 4.49. The monoisotopic (exact) mass is 445 g/mol. The maximum absolute atomic E-state index is 12.9. The molecule has 1 heterocycles. The minimum atomic E-state index is -0.559. The Balaban J connectivity index is 1.63. The zero-order valence-electron chi connectivity index (χ0n) is 16.8. The summed E-state index contributed by atoms with van der Waals surface area (Å²) in [5, 5.41) is 28.6. The van der Waals surface area contributed by atoms with E-state index < -0.39 is 10.8 Å². The van der Waals surface area contributed by atoms with E-state index in [1.54, 1.807) is 19.1 Å². The van der Waals surface area contributed by atoms with Gasteiger partial charge in [0.25, 0.3) is 11.6 Å². The van der Waals surface area contributed by atoms with Crippen molar-refractivity contribution in [2.24, 2.45) is 0 Å².